The Hall–Kier alpha value is -4.06. The lowest BCUT2D eigenvalue weighted by Gasteiger charge is -2.45. The van der Waals surface area contributed by atoms with E-state index in [1.165, 1.54) is 0 Å². The van der Waals surface area contributed by atoms with Crippen LogP contribution >= 0.6 is 0 Å². The van der Waals surface area contributed by atoms with E-state index in [-0.39, 0.29) is 33.0 Å². The average Bonchev–Trinajstić information content (AvgIpc) is 3.07. The summed E-state index contributed by atoms with van der Waals surface area (Å²) in [6.45, 7) is 0.497. The molecule has 0 saturated carbocycles. The summed E-state index contributed by atoms with van der Waals surface area (Å²) in [7, 11) is 0. The molecule has 1 aliphatic heterocycles. The summed E-state index contributed by atoms with van der Waals surface area (Å²) in [5.74, 6) is -1.90. The molecular formula is C36H36F3NO6. The van der Waals surface area contributed by atoms with Crippen molar-refractivity contribution in [3.05, 3.63) is 144 Å². The van der Waals surface area contributed by atoms with Gasteiger partial charge in [0.1, 0.15) is 24.4 Å². The van der Waals surface area contributed by atoms with Gasteiger partial charge in [-0.2, -0.15) is 13.2 Å². The van der Waals surface area contributed by atoms with E-state index in [9.17, 15) is 13.2 Å². The maximum atomic E-state index is 13.6. The second-order valence-corrected chi connectivity index (χ2v) is 10.8. The molecule has 4 aromatic rings. The van der Waals surface area contributed by atoms with E-state index in [0.717, 1.165) is 22.3 Å². The average molecular weight is 636 g/mol. The third kappa shape index (κ3) is 9.72. The van der Waals surface area contributed by atoms with Gasteiger partial charge in [-0.25, -0.2) is 0 Å². The fraction of sp³-hybridized carbons (Fsp3) is 0.306. The number of ether oxygens (including phenoxy) is 6. The second-order valence-electron chi connectivity index (χ2n) is 10.8. The van der Waals surface area contributed by atoms with Crippen molar-refractivity contribution in [3.63, 3.8) is 0 Å². The fourth-order valence-electron chi connectivity index (χ4n) is 5.02. The van der Waals surface area contributed by atoms with Crippen LogP contribution in [0.3, 0.4) is 0 Å². The highest BCUT2D eigenvalue weighted by molar-refractivity contribution is 5.78. The van der Waals surface area contributed by atoms with Gasteiger partial charge in [0.15, 0.2) is 0 Å². The van der Waals surface area contributed by atoms with Crippen molar-refractivity contribution in [2.24, 2.45) is 0 Å². The molecule has 4 aromatic carbocycles. The zero-order chi connectivity index (χ0) is 32.2. The van der Waals surface area contributed by atoms with E-state index in [0.29, 0.717) is 0 Å². The molecule has 0 spiro atoms. The molecule has 0 aliphatic carbocycles. The third-order valence-corrected chi connectivity index (χ3v) is 7.33. The van der Waals surface area contributed by atoms with Gasteiger partial charge in [-0.1, -0.05) is 121 Å². The first-order chi connectivity index (χ1) is 22.4. The Morgan fingerprint density at radius 2 is 0.957 bits per heavy atom. The topological polar surface area (TPSA) is 79.2 Å². The maximum Gasteiger partial charge on any atom is 0.467 e. The molecule has 0 unspecified atom stereocenters. The van der Waals surface area contributed by atoms with E-state index >= 15 is 0 Å². The molecular weight excluding hydrogens is 599 g/mol. The van der Waals surface area contributed by atoms with Crippen LogP contribution in [0.25, 0.3) is 0 Å². The number of rotatable bonds is 14. The van der Waals surface area contributed by atoms with Crippen LogP contribution in [0, 0.1) is 5.41 Å². The van der Waals surface area contributed by atoms with Crippen molar-refractivity contribution in [3.8, 4) is 0 Å². The highest BCUT2D eigenvalue weighted by atomic mass is 19.4. The molecule has 0 radical (unpaired) electrons. The van der Waals surface area contributed by atoms with Gasteiger partial charge in [-0.05, 0) is 22.3 Å². The number of halogens is 3. The lowest BCUT2D eigenvalue weighted by atomic mass is 9.97. The first-order valence-corrected chi connectivity index (χ1v) is 14.9. The third-order valence-electron chi connectivity index (χ3n) is 7.33. The van der Waals surface area contributed by atoms with Crippen LogP contribution in [-0.4, -0.2) is 49.4 Å². The monoisotopic (exact) mass is 635 g/mol. The molecule has 0 bridgehead atoms. The van der Waals surface area contributed by atoms with Crippen LogP contribution in [0.4, 0.5) is 13.2 Å². The van der Waals surface area contributed by atoms with Crippen molar-refractivity contribution in [1.29, 1.82) is 5.41 Å². The van der Waals surface area contributed by atoms with Gasteiger partial charge in [-0.15, -0.1) is 0 Å². The van der Waals surface area contributed by atoms with Gasteiger partial charge in [0, 0.05) is 0 Å². The van der Waals surface area contributed by atoms with E-state index in [2.05, 4.69) is 0 Å². The molecule has 5 rings (SSSR count). The highest BCUT2D eigenvalue weighted by Gasteiger charge is 2.51. The van der Waals surface area contributed by atoms with Gasteiger partial charge < -0.3 is 28.4 Å². The van der Waals surface area contributed by atoms with Crippen molar-refractivity contribution in [2.75, 3.05) is 6.61 Å². The molecule has 0 amide bonds. The van der Waals surface area contributed by atoms with Crippen molar-refractivity contribution < 1.29 is 41.6 Å². The quantitative estimate of drug-likeness (QED) is 0.116. The Balaban J connectivity index is 1.46. The van der Waals surface area contributed by atoms with Crippen LogP contribution in [0.1, 0.15) is 22.3 Å². The Morgan fingerprint density at radius 1 is 0.565 bits per heavy atom. The predicted molar refractivity (Wildman–Crippen MR) is 165 cm³/mol. The summed E-state index contributed by atoms with van der Waals surface area (Å²) in [4.78, 5) is 0. The molecule has 1 fully saturated rings. The minimum Gasteiger partial charge on any atom is -0.442 e. The molecule has 1 saturated heterocycles. The van der Waals surface area contributed by atoms with Gasteiger partial charge in [0.2, 0.25) is 6.29 Å². The van der Waals surface area contributed by atoms with Crippen LogP contribution in [-0.2, 0) is 54.8 Å². The Labute approximate surface area is 266 Å². The smallest absolute Gasteiger partial charge is 0.442 e. The van der Waals surface area contributed by atoms with Crippen LogP contribution in [0.2, 0.25) is 0 Å². The molecule has 0 aromatic heterocycles. The lowest BCUT2D eigenvalue weighted by molar-refractivity contribution is -0.316. The number of hydrogen-bond acceptors (Lipinski definition) is 7. The summed E-state index contributed by atoms with van der Waals surface area (Å²) >= 11 is 0. The molecule has 5 atom stereocenters. The molecule has 10 heteroatoms. The first kappa shape index (κ1) is 33.3. The summed E-state index contributed by atoms with van der Waals surface area (Å²) < 4.78 is 77.2. The number of benzene rings is 4. The molecule has 242 valence electrons. The summed E-state index contributed by atoms with van der Waals surface area (Å²) in [6, 6.07) is 37.5. The van der Waals surface area contributed by atoms with Crippen molar-refractivity contribution in [1.82, 2.24) is 0 Å². The molecule has 7 nitrogen and oxygen atoms in total. The van der Waals surface area contributed by atoms with Crippen molar-refractivity contribution in [2.45, 2.75) is 63.3 Å². The predicted octanol–water partition coefficient (Wildman–Crippen LogP) is 7.24. The van der Waals surface area contributed by atoms with E-state index in [1.54, 1.807) is 0 Å². The zero-order valence-corrected chi connectivity index (χ0v) is 25.1. The summed E-state index contributed by atoms with van der Waals surface area (Å²) in [5.41, 5.74) is 3.42. The Kier molecular flexibility index (Phi) is 11.9. The second kappa shape index (κ2) is 16.5. The molecule has 1 aliphatic rings. The Bertz CT molecular complexity index is 1460. The number of hydrogen-bond donors (Lipinski definition) is 1. The van der Waals surface area contributed by atoms with E-state index < -0.39 is 42.8 Å². The van der Waals surface area contributed by atoms with E-state index in [4.69, 9.17) is 33.8 Å². The largest absolute Gasteiger partial charge is 0.467 e. The minimum absolute atomic E-state index is 0.0276. The molecule has 1 heterocycles. The fourth-order valence-corrected chi connectivity index (χ4v) is 5.02. The molecule has 1 N–H and O–H groups in total. The Morgan fingerprint density at radius 3 is 1.39 bits per heavy atom. The van der Waals surface area contributed by atoms with Crippen LogP contribution < -0.4 is 0 Å². The van der Waals surface area contributed by atoms with Crippen LogP contribution in [0.15, 0.2) is 121 Å². The van der Waals surface area contributed by atoms with Crippen LogP contribution in [0.5, 0.6) is 0 Å². The summed E-state index contributed by atoms with van der Waals surface area (Å²) in [5, 5.41) is 7.64. The number of alkyl halides is 3. The van der Waals surface area contributed by atoms with Gasteiger partial charge in [-0.3, -0.25) is 5.41 Å². The highest BCUT2D eigenvalue weighted by Crippen LogP contribution is 2.33. The van der Waals surface area contributed by atoms with Gasteiger partial charge in [0.25, 0.3) is 5.90 Å². The standard InChI is InChI=1S/C36H36F3NO6/c37-36(38,39)35(40)46-34-33(44-24-29-19-11-4-12-20-29)32(43-23-28-17-9-3-10-18-28)31(42-22-27-15-7-2-8-16-27)30(45-34)25-41-21-26-13-5-1-6-14-26/h1-20,30-34,40H,21-25H2/t30-,31-,32+,33+,34-/m1/s1. The SMILES string of the molecule is N=C(O[C@H]1O[C@H](COCc2ccccc2)[C@@H](OCc2ccccc2)[C@H](OCc2ccccc2)[C@@H]1OCc1ccccc1)C(F)(F)F. The van der Waals surface area contributed by atoms with Gasteiger partial charge in [0.05, 0.1) is 33.0 Å². The zero-order valence-electron chi connectivity index (χ0n) is 25.1. The number of nitrogens with one attached hydrogen (secondary N) is 1. The van der Waals surface area contributed by atoms with E-state index in [1.807, 2.05) is 121 Å². The lowest BCUT2D eigenvalue weighted by Crippen LogP contribution is -2.62. The first-order valence-electron chi connectivity index (χ1n) is 14.9. The van der Waals surface area contributed by atoms with Crippen molar-refractivity contribution >= 4 is 5.90 Å². The van der Waals surface area contributed by atoms with Gasteiger partial charge >= 0.3 is 6.18 Å². The normalized spacial score (nSPS) is 21.5. The summed E-state index contributed by atoms with van der Waals surface area (Å²) in [6.07, 6.45) is -10.7. The minimum atomic E-state index is -5.03. The maximum absolute atomic E-state index is 13.6. The molecule has 46 heavy (non-hydrogen) atoms.